The average Bonchev–Trinajstić information content (AvgIpc) is 2.85. The third-order valence-corrected chi connectivity index (χ3v) is 3.86. The van der Waals surface area contributed by atoms with Crippen molar-refractivity contribution in [2.45, 2.75) is 19.9 Å². The number of hydrogen-bond acceptors (Lipinski definition) is 3. The summed E-state index contributed by atoms with van der Waals surface area (Å²) in [6.07, 6.45) is 0.295. The molecule has 1 aromatic rings. The van der Waals surface area contributed by atoms with Crippen LogP contribution >= 0.6 is 0 Å². The van der Waals surface area contributed by atoms with E-state index in [4.69, 9.17) is 4.74 Å². The van der Waals surface area contributed by atoms with Crippen LogP contribution in [0.3, 0.4) is 0 Å². The minimum absolute atomic E-state index is 0.0306. The summed E-state index contributed by atoms with van der Waals surface area (Å²) in [5.41, 5.74) is 2.26. The molecule has 1 atom stereocenters. The molecule has 0 spiro atoms. The Balaban J connectivity index is 1.84. The number of amides is 2. The summed E-state index contributed by atoms with van der Waals surface area (Å²) in [6.45, 7) is 4.07. The van der Waals surface area contributed by atoms with Crippen LogP contribution in [0.1, 0.15) is 17.5 Å². The molecule has 1 aliphatic heterocycles. The molecule has 0 unspecified atom stereocenters. The quantitative estimate of drug-likeness (QED) is 0.853. The van der Waals surface area contributed by atoms with Crippen LogP contribution in [0.15, 0.2) is 24.3 Å². The second-order valence-corrected chi connectivity index (χ2v) is 5.38. The number of nitrogens with one attached hydrogen (secondary N) is 1. The van der Waals surface area contributed by atoms with Crippen LogP contribution in [0.5, 0.6) is 0 Å². The Kier molecular flexibility index (Phi) is 5.33. The summed E-state index contributed by atoms with van der Waals surface area (Å²) >= 11 is 0. The van der Waals surface area contributed by atoms with Gasteiger partial charge in [-0.1, -0.05) is 24.3 Å². The van der Waals surface area contributed by atoms with Crippen molar-refractivity contribution in [3.63, 3.8) is 0 Å². The van der Waals surface area contributed by atoms with Crippen LogP contribution in [-0.2, 0) is 20.9 Å². The van der Waals surface area contributed by atoms with Crippen molar-refractivity contribution in [2.75, 3.05) is 26.8 Å². The van der Waals surface area contributed by atoms with E-state index in [9.17, 15) is 9.59 Å². The minimum atomic E-state index is -0.252. The van der Waals surface area contributed by atoms with Crippen LogP contribution in [0.25, 0.3) is 0 Å². The van der Waals surface area contributed by atoms with Gasteiger partial charge < -0.3 is 15.0 Å². The van der Waals surface area contributed by atoms with Crippen molar-refractivity contribution in [1.29, 1.82) is 0 Å². The first-order chi connectivity index (χ1) is 10.1. The standard InChI is InChI=1S/C16H22N2O3/c1-12-5-3-4-6-13(12)10-17-16(20)14-9-15(19)18(11-14)7-8-21-2/h3-6,14H,7-11H2,1-2H3,(H,17,20)/t14-/m1/s1. The highest BCUT2D eigenvalue weighted by Gasteiger charge is 2.33. The van der Waals surface area contributed by atoms with Gasteiger partial charge in [0.05, 0.1) is 12.5 Å². The monoisotopic (exact) mass is 290 g/mol. The highest BCUT2D eigenvalue weighted by molar-refractivity contribution is 5.89. The van der Waals surface area contributed by atoms with Gasteiger partial charge >= 0.3 is 0 Å². The van der Waals surface area contributed by atoms with Crippen molar-refractivity contribution in [2.24, 2.45) is 5.92 Å². The van der Waals surface area contributed by atoms with E-state index in [1.54, 1.807) is 12.0 Å². The molecule has 1 saturated heterocycles. The van der Waals surface area contributed by atoms with Crippen LogP contribution in [0.2, 0.25) is 0 Å². The van der Waals surface area contributed by atoms with Gasteiger partial charge in [0.15, 0.2) is 0 Å². The number of carbonyl (C=O) groups excluding carboxylic acids is 2. The number of aryl methyl sites for hydroxylation is 1. The van der Waals surface area contributed by atoms with Gasteiger partial charge in [-0.3, -0.25) is 9.59 Å². The van der Waals surface area contributed by atoms with Gasteiger partial charge in [-0.05, 0) is 18.1 Å². The molecule has 1 fully saturated rings. The maximum atomic E-state index is 12.2. The third-order valence-electron chi connectivity index (χ3n) is 3.86. The Labute approximate surface area is 125 Å². The predicted octanol–water partition coefficient (Wildman–Crippen LogP) is 1.11. The zero-order valence-corrected chi connectivity index (χ0v) is 12.6. The van der Waals surface area contributed by atoms with Crippen molar-refractivity contribution in [1.82, 2.24) is 10.2 Å². The fourth-order valence-corrected chi connectivity index (χ4v) is 2.50. The van der Waals surface area contributed by atoms with Gasteiger partial charge in [0.2, 0.25) is 11.8 Å². The molecule has 0 aromatic heterocycles. The first-order valence-electron chi connectivity index (χ1n) is 7.20. The first-order valence-corrected chi connectivity index (χ1v) is 7.20. The summed E-state index contributed by atoms with van der Waals surface area (Å²) < 4.78 is 4.97. The molecule has 1 N–H and O–H groups in total. The highest BCUT2D eigenvalue weighted by Crippen LogP contribution is 2.18. The van der Waals surface area contributed by atoms with Crippen molar-refractivity contribution < 1.29 is 14.3 Å². The van der Waals surface area contributed by atoms with Gasteiger partial charge in [0, 0.05) is 33.2 Å². The van der Waals surface area contributed by atoms with E-state index >= 15 is 0 Å². The molecule has 114 valence electrons. The molecule has 2 rings (SSSR count). The SMILES string of the molecule is COCCN1C[C@H](C(=O)NCc2ccccc2C)CC1=O. The molecule has 2 amide bonds. The maximum Gasteiger partial charge on any atom is 0.225 e. The van der Waals surface area contributed by atoms with Crippen LogP contribution in [-0.4, -0.2) is 43.5 Å². The van der Waals surface area contributed by atoms with Crippen molar-refractivity contribution >= 4 is 11.8 Å². The number of ether oxygens (including phenoxy) is 1. The van der Waals surface area contributed by atoms with E-state index in [1.807, 2.05) is 31.2 Å². The predicted molar refractivity (Wildman–Crippen MR) is 79.6 cm³/mol. The van der Waals surface area contributed by atoms with Crippen molar-refractivity contribution in [3.05, 3.63) is 35.4 Å². The highest BCUT2D eigenvalue weighted by atomic mass is 16.5. The summed E-state index contributed by atoms with van der Waals surface area (Å²) in [6, 6.07) is 7.96. The van der Waals surface area contributed by atoms with E-state index in [1.165, 1.54) is 0 Å². The fourth-order valence-electron chi connectivity index (χ4n) is 2.50. The zero-order valence-electron chi connectivity index (χ0n) is 12.6. The summed E-state index contributed by atoms with van der Waals surface area (Å²) in [5, 5.41) is 2.93. The number of benzene rings is 1. The summed E-state index contributed by atoms with van der Waals surface area (Å²) in [4.78, 5) is 25.7. The van der Waals surface area contributed by atoms with Crippen LogP contribution in [0.4, 0.5) is 0 Å². The van der Waals surface area contributed by atoms with Gasteiger partial charge in [-0.15, -0.1) is 0 Å². The third kappa shape index (κ3) is 4.04. The Morgan fingerprint density at radius 3 is 2.90 bits per heavy atom. The second kappa shape index (κ2) is 7.22. The molecule has 5 nitrogen and oxygen atoms in total. The first kappa shape index (κ1) is 15.5. The van der Waals surface area contributed by atoms with E-state index < -0.39 is 0 Å². The molecular weight excluding hydrogens is 268 g/mol. The molecular formula is C16H22N2O3. The number of hydrogen-bond donors (Lipinski definition) is 1. The molecule has 0 saturated carbocycles. The van der Waals surface area contributed by atoms with Crippen LogP contribution in [0, 0.1) is 12.8 Å². The minimum Gasteiger partial charge on any atom is -0.383 e. The molecule has 21 heavy (non-hydrogen) atoms. The van der Waals surface area contributed by atoms with E-state index in [0.717, 1.165) is 11.1 Å². The average molecular weight is 290 g/mol. The Morgan fingerprint density at radius 1 is 1.43 bits per heavy atom. The lowest BCUT2D eigenvalue weighted by Gasteiger charge is -2.16. The Hall–Kier alpha value is -1.88. The van der Waals surface area contributed by atoms with E-state index in [2.05, 4.69) is 5.32 Å². The topological polar surface area (TPSA) is 58.6 Å². The number of likely N-dealkylation sites (tertiary alicyclic amines) is 1. The van der Waals surface area contributed by atoms with Crippen molar-refractivity contribution in [3.8, 4) is 0 Å². The normalized spacial score (nSPS) is 18.1. The van der Waals surface area contributed by atoms with Gasteiger partial charge in [0.25, 0.3) is 0 Å². The molecule has 0 bridgehead atoms. The lowest BCUT2D eigenvalue weighted by atomic mass is 10.1. The molecule has 0 radical (unpaired) electrons. The summed E-state index contributed by atoms with van der Waals surface area (Å²) in [5.74, 6) is -0.270. The van der Waals surface area contributed by atoms with Crippen LogP contribution < -0.4 is 5.32 Å². The molecule has 5 heteroatoms. The maximum absolute atomic E-state index is 12.2. The Bertz CT molecular complexity index is 516. The lowest BCUT2D eigenvalue weighted by molar-refractivity contribution is -0.129. The smallest absolute Gasteiger partial charge is 0.225 e. The van der Waals surface area contributed by atoms with Gasteiger partial charge in [0.1, 0.15) is 0 Å². The number of nitrogens with zero attached hydrogens (tertiary/aromatic N) is 1. The van der Waals surface area contributed by atoms with Gasteiger partial charge in [-0.25, -0.2) is 0 Å². The molecule has 0 aliphatic carbocycles. The second-order valence-electron chi connectivity index (χ2n) is 5.38. The van der Waals surface area contributed by atoms with Gasteiger partial charge in [-0.2, -0.15) is 0 Å². The number of rotatable bonds is 6. The largest absolute Gasteiger partial charge is 0.383 e. The Morgan fingerprint density at radius 2 is 2.19 bits per heavy atom. The number of carbonyl (C=O) groups is 2. The van der Waals surface area contributed by atoms with E-state index in [0.29, 0.717) is 32.7 Å². The molecule has 1 heterocycles. The molecule has 1 aliphatic rings. The fraction of sp³-hybridized carbons (Fsp3) is 0.500. The van der Waals surface area contributed by atoms with E-state index in [-0.39, 0.29) is 17.7 Å². The number of methoxy groups -OCH3 is 1. The molecule has 1 aromatic carbocycles. The lowest BCUT2D eigenvalue weighted by Crippen LogP contribution is -2.33. The summed E-state index contributed by atoms with van der Waals surface area (Å²) in [7, 11) is 1.60. The zero-order chi connectivity index (χ0) is 15.2.